The summed E-state index contributed by atoms with van der Waals surface area (Å²) in [5.41, 5.74) is 1.23. The van der Waals surface area contributed by atoms with E-state index in [0.717, 1.165) is 6.42 Å². The third kappa shape index (κ3) is 5.34. The maximum absolute atomic E-state index is 12.1. The Labute approximate surface area is 139 Å². The standard InChI is InChI=1S/C18H27NO3S/c1-14(12-18(2,3)16-7-5-4-6-8-16)19-17(20)11-15-9-10-23(21,22)13-15/h4-8,14-15H,9-13H2,1-3H3,(H,19,20). The average Bonchev–Trinajstić information content (AvgIpc) is 2.77. The van der Waals surface area contributed by atoms with E-state index >= 15 is 0 Å². The second-order valence-electron chi connectivity index (χ2n) is 7.40. The zero-order valence-corrected chi connectivity index (χ0v) is 15.0. The first-order chi connectivity index (χ1) is 10.7. The third-order valence-corrected chi connectivity index (χ3v) is 6.42. The van der Waals surface area contributed by atoms with Crippen LogP contribution in [-0.2, 0) is 20.0 Å². The lowest BCUT2D eigenvalue weighted by molar-refractivity contribution is -0.122. The fourth-order valence-corrected chi connectivity index (χ4v) is 5.31. The number of carbonyl (C=O) groups excluding carboxylic acids is 1. The van der Waals surface area contributed by atoms with E-state index in [9.17, 15) is 13.2 Å². The van der Waals surface area contributed by atoms with E-state index in [0.29, 0.717) is 12.8 Å². The molecule has 1 aliphatic rings. The Morgan fingerprint density at radius 1 is 1.30 bits per heavy atom. The Morgan fingerprint density at radius 3 is 2.52 bits per heavy atom. The van der Waals surface area contributed by atoms with E-state index in [1.807, 2.05) is 25.1 Å². The summed E-state index contributed by atoms with van der Waals surface area (Å²) in [6.45, 7) is 6.36. The molecule has 1 saturated heterocycles. The van der Waals surface area contributed by atoms with Gasteiger partial charge in [-0.25, -0.2) is 8.42 Å². The molecule has 1 aromatic carbocycles. The van der Waals surface area contributed by atoms with Crippen molar-refractivity contribution in [2.24, 2.45) is 5.92 Å². The summed E-state index contributed by atoms with van der Waals surface area (Å²) in [5.74, 6) is 0.323. The molecule has 0 bridgehead atoms. The van der Waals surface area contributed by atoms with Gasteiger partial charge in [-0.2, -0.15) is 0 Å². The second-order valence-corrected chi connectivity index (χ2v) is 9.62. The van der Waals surface area contributed by atoms with Crippen molar-refractivity contribution in [2.45, 2.75) is 51.5 Å². The minimum Gasteiger partial charge on any atom is -0.354 e. The van der Waals surface area contributed by atoms with Gasteiger partial charge in [0.1, 0.15) is 0 Å². The van der Waals surface area contributed by atoms with Gasteiger partial charge in [-0.3, -0.25) is 4.79 Å². The van der Waals surface area contributed by atoms with Crippen LogP contribution in [0.5, 0.6) is 0 Å². The highest BCUT2D eigenvalue weighted by atomic mass is 32.2. The third-order valence-electron chi connectivity index (χ3n) is 4.58. The summed E-state index contributed by atoms with van der Waals surface area (Å²) in [6.07, 6.45) is 1.76. The second kappa shape index (κ2) is 7.04. The minimum atomic E-state index is -2.91. The van der Waals surface area contributed by atoms with E-state index in [2.05, 4.69) is 31.3 Å². The molecule has 0 radical (unpaired) electrons. The number of hydrogen-bond donors (Lipinski definition) is 1. The van der Waals surface area contributed by atoms with E-state index < -0.39 is 9.84 Å². The van der Waals surface area contributed by atoms with Gasteiger partial charge in [-0.1, -0.05) is 44.2 Å². The van der Waals surface area contributed by atoms with Gasteiger partial charge < -0.3 is 5.32 Å². The Balaban J connectivity index is 1.84. The van der Waals surface area contributed by atoms with Gasteiger partial charge in [0.05, 0.1) is 11.5 Å². The molecule has 23 heavy (non-hydrogen) atoms. The van der Waals surface area contributed by atoms with Gasteiger partial charge in [0.2, 0.25) is 5.91 Å². The van der Waals surface area contributed by atoms with Crippen molar-refractivity contribution in [3.8, 4) is 0 Å². The Hall–Kier alpha value is -1.36. The number of amides is 1. The van der Waals surface area contributed by atoms with Gasteiger partial charge in [-0.15, -0.1) is 0 Å². The number of hydrogen-bond acceptors (Lipinski definition) is 3. The van der Waals surface area contributed by atoms with E-state index in [-0.39, 0.29) is 34.8 Å². The maximum atomic E-state index is 12.1. The molecule has 5 heteroatoms. The summed E-state index contributed by atoms with van der Waals surface area (Å²) in [6, 6.07) is 10.3. The van der Waals surface area contributed by atoms with Crippen LogP contribution < -0.4 is 5.32 Å². The van der Waals surface area contributed by atoms with E-state index in [1.165, 1.54) is 5.56 Å². The lowest BCUT2D eigenvalue weighted by Gasteiger charge is -2.29. The fraction of sp³-hybridized carbons (Fsp3) is 0.611. The van der Waals surface area contributed by atoms with Crippen LogP contribution in [0.4, 0.5) is 0 Å². The molecule has 0 aliphatic carbocycles. The van der Waals surface area contributed by atoms with Gasteiger partial charge in [-0.05, 0) is 36.7 Å². The Morgan fingerprint density at radius 2 is 1.96 bits per heavy atom. The molecule has 2 unspecified atom stereocenters. The normalized spacial score (nSPS) is 21.8. The molecule has 0 saturated carbocycles. The van der Waals surface area contributed by atoms with Gasteiger partial charge in [0, 0.05) is 12.5 Å². The monoisotopic (exact) mass is 337 g/mol. The molecular weight excluding hydrogens is 310 g/mol. The van der Waals surface area contributed by atoms with E-state index in [1.54, 1.807) is 0 Å². The predicted octanol–water partition coefficient (Wildman–Crippen LogP) is 2.68. The lowest BCUT2D eigenvalue weighted by Crippen LogP contribution is -2.38. The number of nitrogens with one attached hydrogen (secondary N) is 1. The van der Waals surface area contributed by atoms with Crippen molar-refractivity contribution in [3.05, 3.63) is 35.9 Å². The van der Waals surface area contributed by atoms with Crippen LogP contribution in [0, 0.1) is 5.92 Å². The SMILES string of the molecule is CC(CC(C)(C)c1ccccc1)NC(=O)CC1CCS(=O)(=O)C1. The van der Waals surface area contributed by atoms with Crippen LogP contribution in [0.1, 0.15) is 45.6 Å². The molecule has 4 nitrogen and oxygen atoms in total. The molecule has 0 spiro atoms. The Bertz CT molecular complexity index is 637. The smallest absolute Gasteiger partial charge is 0.220 e. The molecule has 1 aromatic rings. The van der Waals surface area contributed by atoms with Crippen LogP contribution in [0.2, 0.25) is 0 Å². The van der Waals surface area contributed by atoms with Crippen molar-refractivity contribution in [3.63, 3.8) is 0 Å². The zero-order valence-electron chi connectivity index (χ0n) is 14.2. The highest BCUT2D eigenvalue weighted by Crippen LogP contribution is 2.28. The van der Waals surface area contributed by atoms with Crippen LogP contribution in [-0.4, -0.2) is 31.9 Å². The average molecular weight is 337 g/mol. The highest BCUT2D eigenvalue weighted by molar-refractivity contribution is 7.91. The van der Waals surface area contributed by atoms with E-state index in [4.69, 9.17) is 0 Å². The number of sulfone groups is 1. The van der Waals surface area contributed by atoms with Crippen molar-refractivity contribution >= 4 is 15.7 Å². The van der Waals surface area contributed by atoms with Gasteiger partial charge in [0.25, 0.3) is 0 Å². The number of carbonyl (C=O) groups is 1. The van der Waals surface area contributed by atoms with Crippen molar-refractivity contribution in [1.29, 1.82) is 0 Å². The largest absolute Gasteiger partial charge is 0.354 e. The predicted molar refractivity (Wildman–Crippen MR) is 93.1 cm³/mol. The molecular formula is C18H27NO3S. The zero-order chi connectivity index (χ0) is 17.1. The number of rotatable bonds is 6. The van der Waals surface area contributed by atoms with Crippen LogP contribution in [0.15, 0.2) is 30.3 Å². The van der Waals surface area contributed by atoms with Gasteiger partial charge >= 0.3 is 0 Å². The summed E-state index contributed by atoms with van der Waals surface area (Å²) in [4.78, 5) is 12.1. The fourth-order valence-electron chi connectivity index (χ4n) is 3.45. The molecule has 2 atom stereocenters. The summed E-state index contributed by atoms with van der Waals surface area (Å²) < 4.78 is 22.9. The number of benzene rings is 1. The summed E-state index contributed by atoms with van der Waals surface area (Å²) >= 11 is 0. The quantitative estimate of drug-likeness (QED) is 0.868. The maximum Gasteiger partial charge on any atom is 0.220 e. The molecule has 1 amide bonds. The molecule has 1 heterocycles. The minimum absolute atomic E-state index is 0.0191. The lowest BCUT2D eigenvalue weighted by atomic mass is 9.79. The first-order valence-electron chi connectivity index (χ1n) is 8.23. The molecule has 1 N–H and O–H groups in total. The molecule has 1 aliphatic heterocycles. The Kier molecular flexibility index (Phi) is 5.50. The summed E-state index contributed by atoms with van der Waals surface area (Å²) in [5, 5.41) is 3.03. The van der Waals surface area contributed by atoms with Crippen molar-refractivity contribution < 1.29 is 13.2 Å². The van der Waals surface area contributed by atoms with Gasteiger partial charge in [0.15, 0.2) is 9.84 Å². The van der Waals surface area contributed by atoms with Crippen molar-refractivity contribution in [2.75, 3.05) is 11.5 Å². The first kappa shape index (κ1) is 18.0. The first-order valence-corrected chi connectivity index (χ1v) is 10.1. The highest BCUT2D eigenvalue weighted by Gasteiger charge is 2.30. The molecule has 0 aromatic heterocycles. The topological polar surface area (TPSA) is 63.2 Å². The van der Waals surface area contributed by atoms with Crippen LogP contribution in [0.25, 0.3) is 0 Å². The summed E-state index contributed by atoms with van der Waals surface area (Å²) in [7, 11) is -2.91. The van der Waals surface area contributed by atoms with Crippen LogP contribution in [0.3, 0.4) is 0 Å². The van der Waals surface area contributed by atoms with Crippen molar-refractivity contribution in [1.82, 2.24) is 5.32 Å². The molecule has 2 rings (SSSR count). The molecule has 1 fully saturated rings. The molecule has 128 valence electrons. The van der Waals surface area contributed by atoms with Crippen LogP contribution >= 0.6 is 0 Å².